The van der Waals surface area contributed by atoms with Gasteiger partial charge >= 0.3 is 0 Å². The zero-order valence-corrected chi connectivity index (χ0v) is 19.6. The van der Waals surface area contributed by atoms with Crippen molar-refractivity contribution in [3.05, 3.63) is 30.0 Å². The minimum Gasteiger partial charge on any atom is -0.492 e. The number of rotatable bonds is 5. The van der Waals surface area contributed by atoms with Crippen LogP contribution in [0.15, 0.2) is 30.0 Å². The van der Waals surface area contributed by atoms with E-state index in [1.165, 1.54) is 0 Å². The molecule has 0 amide bonds. The van der Waals surface area contributed by atoms with Crippen molar-refractivity contribution in [1.82, 2.24) is 0 Å². The van der Waals surface area contributed by atoms with Crippen molar-refractivity contribution < 1.29 is 18.9 Å². The van der Waals surface area contributed by atoms with Gasteiger partial charge in [-0.25, -0.2) is 0 Å². The Hall–Kier alpha value is -0.440. The van der Waals surface area contributed by atoms with Gasteiger partial charge in [0.25, 0.3) is 0 Å². The summed E-state index contributed by atoms with van der Waals surface area (Å²) in [5.41, 5.74) is 1.68. The number of halogens is 4. The van der Waals surface area contributed by atoms with Crippen molar-refractivity contribution in [3.8, 4) is 34.1 Å². The van der Waals surface area contributed by atoms with Crippen LogP contribution in [0.5, 0.6) is 23.0 Å². The summed E-state index contributed by atoms with van der Waals surface area (Å²) < 4.78 is 25.5. The first-order valence-electron chi connectivity index (χ1n) is 6.62. The van der Waals surface area contributed by atoms with E-state index in [-0.39, 0.29) is 0 Å². The average molecular weight is 590 g/mol. The van der Waals surface area contributed by atoms with Crippen LogP contribution in [-0.2, 0) is 0 Å². The first-order chi connectivity index (χ1) is 11.4. The normalized spacial score (nSPS) is 10.5. The summed E-state index contributed by atoms with van der Waals surface area (Å²) in [5, 5.41) is 0. The largest absolute Gasteiger partial charge is 0.492 e. The van der Waals surface area contributed by atoms with Crippen molar-refractivity contribution in [2.45, 2.75) is 0 Å². The van der Waals surface area contributed by atoms with Crippen LogP contribution in [-0.4, -0.2) is 28.4 Å². The Morgan fingerprint density at radius 2 is 1.08 bits per heavy atom. The molecule has 0 atom stereocenters. The SMILES string of the molecule is COc1c(Br)c(-c2ccc(Br)c(Br)c2Br)c(OC)c(OC)c1OC. The van der Waals surface area contributed by atoms with E-state index in [1.54, 1.807) is 28.4 Å². The van der Waals surface area contributed by atoms with Gasteiger partial charge in [0.05, 0.1) is 32.9 Å². The lowest BCUT2D eigenvalue weighted by Gasteiger charge is -2.21. The second-order valence-corrected chi connectivity index (χ2v) is 7.78. The molecule has 0 fully saturated rings. The van der Waals surface area contributed by atoms with Gasteiger partial charge in [-0.3, -0.25) is 0 Å². The number of hydrogen-bond donors (Lipinski definition) is 0. The van der Waals surface area contributed by atoms with Crippen LogP contribution in [0.25, 0.3) is 11.1 Å². The lowest BCUT2D eigenvalue weighted by Crippen LogP contribution is -2.01. The zero-order valence-electron chi connectivity index (χ0n) is 13.3. The highest BCUT2D eigenvalue weighted by molar-refractivity contribution is 9.14. The quantitative estimate of drug-likeness (QED) is 0.376. The van der Waals surface area contributed by atoms with E-state index in [0.717, 1.165) is 24.5 Å². The third-order valence-electron chi connectivity index (χ3n) is 3.39. The van der Waals surface area contributed by atoms with Gasteiger partial charge in [-0.15, -0.1) is 0 Å². The summed E-state index contributed by atoms with van der Waals surface area (Å²) in [6.07, 6.45) is 0. The molecule has 0 aliphatic carbocycles. The Kier molecular flexibility index (Phi) is 6.87. The van der Waals surface area contributed by atoms with E-state index in [1.807, 2.05) is 12.1 Å². The van der Waals surface area contributed by atoms with Crippen LogP contribution in [0, 0.1) is 0 Å². The minimum atomic E-state index is 0.458. The Balaban J connectivity index is 2.96. The van der Waals surface area contributed by atoms with Gasteiger partial charge < -0.3 is 18.9 Å². The fourth-order valence-electron chi connectivity index (χ4n) is 2.34. The summed E-state index contributed by atoms with van der Waals surface area (Å²) >= 11 is 14.3. The Morgan fingerprint density at radius 1 is 0.583 bits per heavy atom. The van der Waals surface area contributed by atoms with Crippen LogP contribution < -0.4 is 18.9 Å². The lowest BCUT2D eigenvalue weighted by molar-refractivity contribution is 0.305. The third-order valence-corrected chi connectivity index (χ3v) is 7.51. The van der Waals surface area contributed by atoms with Crippen LogP contribution in [0.3, 0.4) is 0 Å². The summed E-state index contributed by atoms with van der Waals surface area (Å²) in [7, 11) is 6.27. The maximum absolute atomic E-state index is 5.63. The topological polar surface area (TPSA) is 36.9 Å². The molecule has 2 aromatic rings. The fourth-order valence-corrected chi connectivity index (χ4v) is 4.56. The highest BCUT2D eigenvalue weighted by Crippen LogP contribution is 2.56. The first-order valence-corrected chi connectivity index (χ1v) is 9.79. The zero-order chi connectivity index (χ0) is 18.0. The van der Waals surface area contributed by atoms with E-state index >= 15 is 0 Å². The molecule has 4 nitrogen and oxygen atoms in total. The lowest BCUT2D eigenvalue weighted by atomic mass is 10.0. The van der Waals surface area contributed by atoms with Crippen LogP contribution in [0.2, 0.25) is 0 Å². The maximum atomic E-state index is 5.63. The molecule has 0 spiro atoms. The van der Waals surface area contributed by atoms with Gasteiger partial charge in [0, 0.05) is 24.5 Å². The molecule has 0 aliphatic heterocycles. The number of ether oxygens (including phenoxy) is 4. The predicted octanol–water partition coefficient (Wildman–Crippen LogP) is 6.44. The van der Waals surface area contributed by atoms with Crippen LogP contribution in [0.1, 0.15) is 0 Å². The van der Waals surface area contributed by atoms with Crippen LogP contribution in [0.4, 0.5) is 0 Å². The predicted molar refractivity (Wildman–Crippen MR) is 109 cm³/mol. The second kappa shape index (κ2) is 8.29. The number of benzene rings is 2. The fraction of sp³-hybridized carbons (Fsp3) is 0.250. The molecular weight excluding hydrogens is 576 g/mol. The highest BCUT2D eigenvalue weighted by Gasteiger charge is 2.28. The molecule has 0 saturated heterocycles. The van der Waals surface area contributed by atoms with Crippen molar-refractivity contribution in [2.75, 3.05) is 28.4 Å². The Bertz CT molecular complexity index is 778. The molecule has 0 aromatic heterocycles. The molecule has 0 saturated carbocycles. The molecule has 0 aliphatic rings. The van der Waals surface area contributed by atoms with Crippen molar-refractivity contribution in [1.29, 1.82) is 0 Å². The van der Waals surface area contributed by atoms with E-state index in [0.29, 0.717) is 27.5 Å². The smallest absolute Gasteiger partial charge is 0.208 e. The van der Waals surface area contributed by atoms with Gasteiger partial charge in [0.15, 0.2) is 11.5 Å². The van der Waals surface area contributed by atoms with Crippen LogP contribution >= 0.6 is 63.7 Å². The average Bonchev–Trinajstić information content (AvgIpc) is 2.59. The number of hydrogen-bond acceptors (Lipinski definition) is 4. The van der Waals surface area contributed by atoms with Crippen molar-refractivity contribution in [3.63, 3.8) is 0 Å². The Morgan fingerprint density at radius 3 is 1.58 bits per heavy atom. The van der Waals surface area contributed by atoms with Gasteiger partial charge in [0.1, 0.15) is 0 Å². The van der Waals surface area contributed by atoms with E-state index in [2.05, 4.69) is 63.7 Å². The molecule has 130 valence electrons. The molecule has 2 rings (SSSR count). The molecule has 8 heteroatoms. The van der Waals surface area contributed by atoms with Gasteiger partial charge in [-0.1, -0.05) is 6.07 Å². The van der Waals surface area contributed by atoms with Crippen molar-refractivity contribution >= 4 is 63.7 Å². The molecule has 24 heavy (non-hydrogen) atoms. The standard InChI is InChI=1S/C16H14Br4O4/c1-21-13-9(7-5-6-8(17)11(19)10(7)18)12(20)14(22-2)16(24-4)15(13)23-3/h5-6H,1-4H3. The summed E-state index contributed by atoms with van der Waals surface area (Å²) in [4.78, 5) is 0. The monoisotopic (exact) mass is 586 g/mol. The molecule has 0 N–H and O–H groups in total. The van der Waals surface area contributed by atoms with E-state index in [9.17, 15) is 0 Å². The summed E-state index contributed by atoms with van der Waals surface area (Å²) in [6.45, 7) is 0. The van der Waals surface area contributed by atoms with Gasteiger partial charge in [-0.2, -0.15) is 0 Å². The summed E-state index contributed by atoms with van der Waals surface area (Å²) in [6, 6.07) is 3.91. The van der Waals surface area contributed by atoms with Crippen molar-refractivity contribution in [2.24, 2.45) is 0 Å². The third kappa shape index (κ3) is 3.30. The highest BCUT2D eigenvalue weighted by atomic mass is 79.9. The second-order valence-electron chi connectivity index (χ2n) is 4.54. The molecule has 0 radical (unpaired) electrons. The van der Waals surface area contributed by atoms with E-state index < -0.39 is 0 Å². The molecule has 0 unspecified atom stereocenters. The molecule has 0 bridgehead atoms. The maximum Gasteiger partial charge on any atom is 0.208 e. The summed E-state index contributed by atoms with van der Waals surface area (Å²) in [5.74, 6) is 1.98. The van der Waals surface area contributed by atoms with Gasteiger partial charge in [0.2, 0.25) is 11.5 Å². The minimum absolute atomic E-state index is 0.458. The molecule has 0 heterocycles. The molecule has 2 aromatic carbocycles. The Labute approximate surface area is 174 Å². The first kappa shape index (κ1) is 19.9. The molecular formula is C16H14Br4O4. The van der Waals surface area contributed by atoms with Gasteiger partial charge in [-0.05, 0) is 69.8 Å². The van der Waals surface area contributed by atoms with E-state index in [4.69, 9.17) is 18.9 Å². The number of methoxy groups -OCH3 is 4.